The summed E-state index contributed by atoms with van der Waals surface area (Å²) in [5, 5.41) is 0. The van der Waals surface area contributed by atoms with Crippen molar-refractivity contribution in [3.8, 4) is 0 Å². The number of piperidine rings is 1. The number of nitrogens with one attached hydrogen (secondary N) is 1. The molecule has 5 nitrogen and oxygen atoms in total. The van der Waals surface area contributed by atoms with Gasteiger partial charge < -0.3 is 4.90 Å². The number of hydrogen-bond donors (Lipinski definition) is 1. The first-order valence-electron chi connectivity index (χ1n) is 12.1. The van der Waals surface area contributed by atoms with Crippen LogP contribution in [0.3, 0.4) is 0 Å². The van der Waals surface area contributed by atoms with Gasteiger partial charge in [0.15, 0.2) is 0 Å². The van der Waals surface area contributed by atoms with E-state index in [2.05, 4.69) is 4.72 Å². The average molecular weight is 445 g/mol. The van der Waals surface area contributed by atoms with Gasteiger partial charge in [0.25, 0.3) is 0 Å². The zero-order valence-corrected chi connectivity index (χ0v) is 19.7. The Morgan fingerprint density at radius 1 is 1.00 bits per heavy atom. The quantitative estimate of drug-likeness (QED) is 0.741. The summed E-state index contributed by atoms with van der Waals surface area (Å²) in [5.74, 6) is 2.90. The molecule has 0 spiro atoms. The van der Waals surface area contributed by atoms with Crippen LogP contribution in [-0.2, 0) is 14.8 Å². The van der Waals surface area contributed by atoms with Gasteiger partial charge in [-0.25, -0.2) is 13.1 Å². The first-order valence-corrected chi connectivity index (χ1v) is 13.6. The number of amides is 1. The minimum Gasteiger partial charge on any atom is -0.343 e. The topological polar surface area (TPSA) is 66.5 Å². The average Bonchev–Trinajstić information content (AvgIpc) is 2.69. The summed E-state index contributed by atoms with van der Waals surface area (Å²) < 4.78 is 28.5. The molecule has 1 amide bonds. The molecule has 170 valence electrons. The lowest BCUT2D eigenvalue weighted by Gasteiger charge is -2.57. The van der Waals surface area contributed by atoms with Crippen LogP contribution >= 0.6 is 0 Å². The molecule has 6 heteroatoms. The summed E-state index contributed by atoms with van der Waals surface area (Å²) in [5.41, 5.74) is 2.34. The van der Waals surface area contributed by atoms with Crippen molar-refractivity contribution in [2.24, 2.45) is 23.2 Å². The maximum absolute atomic E-state index is 13.2. The number of hydrogen-bond acceptors (Lipinski definition) is 3. The number of nitrogens with zero attached hydrogens (tertiary/aromatic N) is 1. The fourth-order valence-electron chi connectivity index (χ4n) is 7.35. The Morgan fingerprint density at radius 2 is 1.58 bits per heavy atom. The Hall–Kier alpha value is -1.40. The molecule has 1 aliphatic heterocycles. The zero-order chi connectivity index (χ0) is 21.8. The van der Waals surface area contributed by atoms with E-state index in [1.807, 2.05) is 24.8 Å². The predicted molar refractivity (Wildman–Crippen MR) is 121 cm³/mol. The van der Waals surface area contributed by atoms with Crippen molar-refractivity contribution in [2.75, 3.05) is 13.1 Å². The van der Waals surface area contributed by atoms with Crippen LogP contribution in [0.25, 0.3) is 0 Å². The Kier molecular flexibility index (Phi) is 5.45. The van der Waals surface area contributed by atoms with Crippen molar-refractivity contribution in [3.63, 3.8) is 0 Å². The van der Waals surface area contributed by atoms with Crippen LogP contribution in [0.5, 0.6) is 0 Å². The van der Waals surface area contributed by atoms with Crippen LogP contribution in [0.4, 0.5) is 0 Å². The number of carbonyl (C=O) groups excluding carboxylic acids is 1. The van der Waals surface area contributed by atoms with Crippen molar-refractivity contribution < 1.29 is 13.2 Å². The Bertz CT molecular complexity index is 928. The van der Waals surface area contributed by atoms with Crippen LogP contribution < -0.4 is 4.72 Å². The maximum Gasteiger partial charge on any atom is 0.240 e. The Labute approximate surface area is 187 Å². The van der Waals surface area contributed by atoms with E-state index in [-0.39, 0.29) is 11.5 Å². The summed E-state index contributed by atoms with van der Waals surface area (Å²) in [6.07, 6.45) is 10.1. The molecule has 4 bridgehead atoms. The van der Waals surface area contributed by atoms with E-state index >= 15 is 0 Å². The zero-order valence-electron chi connectivity index (χ0n) is 18.9. The van der Waals surface area contributed by atoms with Crippen LogP contribution in [-0.4, -0.2) is 38.4 Å². The van der Waals surface area contributed by atoms with Crippen molar-refractivity contribution in [2.45, 2.75) is 82.6 Å². The summed E-state index contributed by atoms with van der Waals surface area (Å²) in [6.45, 7) is 5.23. The molecule has 1 aromatic rings. The van der Waals surface area contributed by atoms with Crippen molar-refractivity contribution >= 4 is 15.9 Å². The van der Waals surface area contributed by atoms with Gasteiger partial charge in [-0.1, -0.05) is 6.07 Å². The summed E-state index contributed by atoms with van der Waals surface area (Å²) in [6, 6.07) is 5.17. The van der Waals surface area contributed by atoms with Gasteiger partial charge in [-0.3, -0.25) is 4.79 Å². The molecule has 0 radical (unpaired) electrons. The van der Waals surface area contributed by atoms with E-state index in [0.29, 0.717) is 36.7 Å². The highest BCUT2D eigenvalue weighted by molar-refractivity contribution is 7.89. The lowest BCUT2D eigenvalue weighted by atomic mass is 9.49. The first kappa shape index (κ1) is 21.4. The van der Waals surface area contributed by atoms with Gasteiger partial charge >= 0.3 is 0 Å². The van der Waals surface area contributed by atoms with E-state index < -0.39 is 10.0 Å². The van der Waals surface area contributed by atoms with Gasteiger partial charge in [-0.2, -0.15) is 0 Å². The highest BCUT2D eigenvalue weighted by atomic mass is 32.2. The molecule has 5 fully saturated rings. The highest BCUT2D eigenvalue weighted by Crippen LogP contribution is 2.61. The molecule has 0 aromatic heterocycles. The highest BCUT2D eigenvalue weighted by Gasteiger charge is 2.51. The van der Waals surface area contributed by atoms with Gasteiger partial charge in [-0.05, 0) is 112 Å². The third-order valence-corrected chi connectivity index (χ3v) is 10.2. The fourth-order valence-corrected chi connectivity index (χ4v) is 8.74. The van der Waals surface area contributed by atoms with Crippen molar-refractivity contribution in [3.05, 3.63) is 29.3 Å². The smallest absolute Gasteiger partial charge is 0.240 e. The summed E-state index contributed by atoms with van der Waals surface area (Å²) in [4.78, 5) is 15.5. The van der Waals surface area contributed by atoms with Gasteiger partial charge in [0, 0.05) is 25.6 Å². The minimum atomic E-state index is -3.53. The molecule has 0 atom stereocenters. The van der Waals surface area contributed by atoms with Gasteiger partial charge in [0.05, 0.1) is 4.90 Å². The Morgan fingerprint density at radius 3 is 2.13 bits per heavy atom. The monoisotopic (exact) mass is 444 g/mol. The summed E-state index contributed by atoms with van der Waals surface area (Å²) in [7, 11) is -3.53. The molecule has 4 aliphatic carbocycles. The van der Waals surface area contributed by atoms with Crippen LogP contribution in [0.1, 0.15) is 68.9 Å². The second-order valence-electron chi connectivity index (χ2n) is 11.1. The largest absolute Gasteiger partial charge is 0.343 e. The molecule has 1 saturated heterocycles. The predicted octanol–water partition coefficient (Wildman–Crippen LogP) is 4.18. The molecular formula is C25H36N2O3S. The molecule has 1 heterocycles. The van der Waals surface area contributed by atoms with E-state index in [1.165, 1.54) is 38.5 Å². The molecule has 0 unspecified atom stereocenters. The molecule has 1 aromatic carbocycles. The number of aryl methyl sites for hydroxylation is 2. The van der Waals surface area contributed by atoms with E-state index in [1.54, 1.807) is 12.1 Å². The lowest BCUT2D eigenvalue weighted by Crippen LogP contribution is -2.50. The maximum atomic E-state index is 13.2. The summed E-state index contributed by atoms with van der Waals surface area (Å²) >= 11 is 0. The number of likely N-dealkylation sites (tertiary alicyclic amines) is 1. The normalized spacial score (nSPS) is 33.1. The SMILES string of the molecule is Cc1ccc(S(=O)(=O)NC2CCN(C(=O)CC34CC5CC(CC(C5)C3)C4)CC2)cc1C. The standard InChI is InChI=1S/C25H36N2O3S/c1-17-3-4-23(9-18(17)2)31(29,30)26-22-5-7-27(8-6-22)24(28)16-25-13-19-10-20(14-25)12-21(11-19)15-25/h3-4,9,19-22,26H,5-8,10-16H2,1-2H3. The molecular weight excluding hydrogens is 408 g/mol. The second-order valence-corrected chi connectivity index (χ2v) is 12.8. The van der Waals surface area contributed by atoms with E-state index in [9.17, 15) is 13.2 Å². The number of carbonyl (C=O) groups is 1. The third kappa shape index (κ3) is 4.30. The third-order valence-electron chi connectivity index (χ3n) is 8.65. The molecule has 4 saturated carbocycles. The lowest BCUT2D eigenvalue weighted by molar-refractivity contribution is -0.140. The van der Waals surface area contributed by atoms with Gasteiger partial charge in [0.2, 0.25) is 15.9 Å². The number of rotatable bonds is 5. The van der Waals surface area contributed by atoms with Crippen LogP contribution in [0, 0.1) is 37.0 Å². The molecule has 5 aliphatic rings. The fraction of sp³-hybridized carbons (Fsp3) is 0.720. The minimum absolute atomic E-state index is 0.102. The van der Waals surface area contributed by atoms with E-state index in [4.69, 9.17) is 0 Å². The first-order chi connectivity index (χ1) is 14.7. The van der Waals surface area contributed by atoms with E-state index in [0.717, 1.165) is 35.3 Å². The van der Waals surface area contributed by atoms with Crippen LogP contribution in [0.15, 0.2) is 23.1 Å². The second kappa shape index (κ2) is 7.87. The number of benzene rings is 1. The molecule has 1 N–H and O–H groups in total. The van der Waals surface area contributed by atoms with Crippen molar-refractivity contribution in [1.29, 1.82) is 0 Å². The van der Waals surface area contributed by atoms with Gasteiger partial charge in [-0.15, -0.1) is 0 Å². The van der Waals surface area contributed by atoms with Crippen molar-refractivity contribution in [1.82, 2.24) is 9.62 Å². The number of sulfonamides is 1. The Balaban J connectivity index is 1.16. The molecule has 6 rings (SSSR count). The molecule has 31 heavy (non-hydrogen) atoms. The van der Waals surface area contributed by atoms with Crippen LogP contribution in [0.2, 0.25) is 0 Å². The van der Waals surface area contributed by atoms with Gasteiger partial charge in [0.1, 0.15) is 0 Å².